The molecule has 0 bridgehead atoms. The lowest BCUT2D eigenvalue weighted by Gasteiger charge is -2.46. The minimum Gasteiger partial charge on any atom is -0.465 e. The van der Waals surface area contributed by atoms with Crippen LogP contribution in [0.2, 0.25) is 0 Å². The maximum absolute atomic E-state index is 14.3. The Labute approximate surface area is 188 Å². The van der Waals surface area contributed by atoms with Crippen molar-refractivity contribution in [2.75, 3.05) is 13.1 Å². The number of nitrogens with zero attached hydrogens (tertiary/aromatic N) is 2. The normalized spacial score (nSPS) is 23.9. The van der Waals surface area contributed by atoms with Crippen molar-refractivity contribution in [3.05, 3.63) is 71.5 Å². The second-order valence-electron chi connectivity index (χ2n) is 9.12. The Bertz CT molecular complexity index is 969. The van der Waals surface area contributed by atoms with Gasteiger partial charge in [0, 0.05) is 18.5 Å². The van der Waals surface area contributed by atoms with Crippen LogP contribution in [0.4, 0.5) is 9.18 Å². The number of amides is 1. The minimum atomic E-state index is -1.06. The number of halogens is 1. The highest BCUT2D eigenvalue weighted by atomic mass is 19.1. The summed E-state index contributed by atoms with van der Waals surface area (Å²) in [7, 11) is 0. The van der Waals surface area contributed by atoms with E-state index in [2.05, 4.69) is 28.4 Å². The monoisotopic (exact) mass is 435 g/mol. The second-order valence-corrected chi connectivity index (χ2v) is 9.12. The van der Waals surface area contributed by atoms with Gasteiger partial charge in [0.25, 0.3) is 0 Å². The molecule has 168 valence electrons. The number of hydrogen-bond donors (Lipinski definition) is 2. The summed E-state index contributed by atoms with van der Waals surface area (Å²) in [6.45, 7) is 2.60. The summed E-state index contributed by atoms with van der Waals surface area (Å²) in [4.78, 5) is 13.8. The summed E-state index contributed by atoms with van der Waals surface area (Å²) in [5.41, 5.74) is 1.04. The summed E-state index contributed by atoms with van der Waals surface area (Å²) in [5, 5.41) is 22.7. The van der Waals surface area contributed by atoms with Crippen LogP contribution < -0.4 is 5.32 Å². The molecule has 2 fully saturated rings. The zero-order valence-electron chi connectivity index (χ0n) is 18.2. The van der Waals surface area contributed by atoms with Crippen LogP contribution in [0, 0.1) is 29.0 Å². The molecule has 0 spiro atoms. The van der Waals surface area contributed by atoms with E-state index in [0.717, 1.165) is 45.3 Å². The smallest absolute Gasteiger partial charge is 0.404 e. The van der Waals surface area contributed by atoms with Crippen molar-refractivity contribution in [1.82, 2.24) is 10.2 Å². The Kier molecular flexibility index (Phi) is 6.76. The third-order valence-electron chi connectivity index (χ3n) is 7.38. The Morgan fingerprint density at radius 2 is 1.88 bits per heavy atom. The molecule has 1 aliphatic carbocycles. The van der Waals surface area contributed by atoms with Crippen LogP contribution in [0.1, 0.15) is 43.2 Å². The lowest BCUT2D eigenvalue weighted by Crippen LogP contribution is -2.52. The molecule has 3 atom stereocenters. The molecule has 0 aromatic heterocycles. The van der Waals surface area contributed by atoms with Gasteiger partial charge in [0.15, 0.2) is 0 Å². The molecule has 1 saturated heterocycles. The molecular weight excluding hydrogens is 405 g/mol. The van der Waals surface area contributed by atoms with Crippen LogP contribution in [0.25, 0.3) is 0 Å². The molecule has 2 N–H and O–H groups in total. The lowest BCUT2D eigenvalue weighted by atomic mass is 9.59. The number of piperidine rings is 1. The van der Waals surface area contributed by atoms with Crippen molar-refractivity contribution in [1.29, 1.82) is 5.26 Å². The van der Waals surface area contributed by atoms with Crippen LogP contribution in [-0.2, 0) is 12.0 Å². The van der Waals surface area contributed by atoms with Crippen molar-refractivity contribution < 1.29 is 14.3 Å². The molecule has 2 aliphatic rings. The average molecular weight is 436 g/mol. The number of carbonyl (C=O) groups is 1. The van der Waals surface area contributed by atoms with Gasteiger partial charge in [-0.1, -0.05) is 48.9 Å². The van der Waals surface area contributed by atoms with E-state index in [9.17, 15) is 19.6 Å². The molecule has 6 heteroatoms. The van der Waals surface area contributed by atoms with Gasteiger partial charge >= 0.3 is 6.09 Å². The van der Waals surface area contributed by atoms with Gasteiger partial charge < -0.3 is 10.4 Å². The predicted molar refractivity (Wildman–Crippen MR) is 120 cm³/mol. The van der Waals surface area contributed by atoms with Crippen molar-refractivity contribution >= 4 is 6.09 Å². The third kappa shape index (κ3) is 4.49. The Morgan fingerprint density at radius 1 is 1.12 bits per heavy atom. The highest BCUT2D eigenvalue weighted by Crippen LogP contribution is 2.50. The van der Waals surface area contributed by atoms with Gasteiger partial charge in [-0.25, -0.2) is 9.18 Å². The molecule has 1 unspecified atom stereocenters. The first-order chi connectivity index (χ1) is 15.5. The summed E-state index contributed by atoms with van der Waals surface area (Å²) in [6.07, 6.45) is 2.93. The highest BCUT2D eigenvalue weighted by Gasteiger charge is 2.52. The fraction of sp³-hybridized carbons (Fsp3) is 0.462. The largest absolute Gasteiger partial charge is 0.465 e. The molecule has 2 aromatic rings. The van der Waals surface area contributed by atoms with Gasteiger partial charge in [0.1, 0.15) is 5.82 Å². The fourth-order valence-electron chi connectivity index (χ4n) is 5.96. The number of hydrogen-bond acceptors (Lipinski definition) is 3. The summed E-state index contributed by atoms with van der Waals surface area (Å²) in [5.74, 6) is -0.483. The summed E-state index contributed by atoms with van der Waals surface area (Å²) in [6, 6.07) is 19.1. The number of nitriles is 1. The number of benzene rings is 2. The van der Waals surface area contributed by atoms with Crippen LogP contribution >= 0.6 is 0 Å². The van der Waals surface area contributed by atoms with Crippen molar-refractivity contribution in [2.45, 2.75) is 50.1 Å². The third-order valence-corrected chi connectivity index (χ3v) is 7.38. The molecule has 2 aromatic carbocycles. The van der Waals surface area contributed by atoms with Gasteiger partial charge in [0.05, 0.1) is 11.5 Å². The van der Waals surface area contributed by atoms with Gasteiger partial charge in [-0.2, -0.15) is 5.26 Å². The molecule has 1 saturated carbocycles. The average Bonchev–Trinajstić information content (AvgIpc) is 3.24. The van der Waals surface area contributed by atoms with Crippen molar-refractivity contribution in [3.8, 4) is 6.07 Å². The molecule has 1 aliphatic heterocycles. The number of carboxylic acid groups (broad SMARTS) is 1. The Hall–Kier alpha value is -2.91. The molecular formula is C26H30FN3O2. The zero-order valence-corrected chi connectivity index (χ0v) is 18.2. The summed E-state index contributed by atoms with van der Waals surface area (Å²) >= 11 is 0. The summed E-state index contributed by atoms with van der Waals surface area (Å²) < 4.78 is 14.3. The van der Waals surface area contributed by atoms with Crippen LogP contribution in [0.3, 0.4) is 0 Å². The molecule has 32 heavy (non-hydrogen) atoms. The Morgan fingerprint density at radius 3 is 2.53 bits per heavy atom. The maximum atomic E-state index is 14.3. The van der Waals surface area contributed by atoms with Crippen molar-refractivity contribution in [2.24, 2.45) is 11.8 Å². The standard InChI is InChI=1S/C26H30FN3O2/c27-22-9-4-8-21(16-22)26(18-28,23-10-5-11-24(23)29-25(31)32)20-12-14-30(15-13-20)17-19-6-2-1-3-7-19/h1-4,6-9,16,20,23-24,29H,5,10-15,17H2,(H,31,32)/t23-,24-,26?/m0/s1. The van der Waals surface area contributed by atoms with E-state index >= 15 is 0 Å². The number of likely N-dealkylation sites (tertiary alicyclic amines) is 1. The molecule has 5 nitrogen and oxygen atoms in total. The first-order valence-electron chi connectivity index (χ1n) is 11.5. The van der Waals surface area contributed by atoms with Gasteiger partial charge in [0.2, 0.25) is 0 Å². The number of rotatable bonds is 6. The van der Waals surface area contributed by atoms with Crippen molar-refractivity contribution in [3.63, 3.8) is 0 Å². The topological polar surface area (TPSA) is 76.4 Å². The first kappa shape index (κ1) is 22.3. The van der Waals surface area contributed by atoms with Gasteiger partial charge in [-0.15, -0.1) is 0 Å². The number of nitrogens with one attached hydrogen (secondary N) is 1. The molecule has 0 radical (unpaired) electrons. The van der Waals surface area contributed by atoms with E-state index in [1.165, 1.54) is 17.7 Å². The Balaban J connectivity index is 1.61. The second kappa shape index (κ2) is 9.70. The molecule has 1 heterocycles. The fourth-order valence-corrected chi connectivity index (χ4v) is 5.96. The van der Waals surface area contributed by atoms with Gasteiger partial charge in [-0.05, 0) is 68.0 Å². The van der Waals surface area contributed by atoms with Crippen LogP contribution in [0.5, 0.6) is 0 Å². The van der Waals surface area contributed by atoms with E-state index < -0.39 is 11.5 Å². The van der Waals surface area contributed by atoms with E-state index in [4.69, 9.17) is 0 Å². The first-order valence-corrected chi connectivity index (χ1v) is 11.5. The maximum Gasteiger partial charge on any atom is 0.404 e. The van der Waals surface area contributed by atoms with E-state index in [0.29, 0.717) is 12.0 Å². The van der Waals surface area contributed by atoms with Crippen LogP contribution in [0.15, 0.2) is 54.6 Å². The lowest BCUT2D eigenvalue weighted by molar-refractivity contribution is 0.104. The zero-order chi connectivity index (χ0) is 22.6. The minimum absolute atomic E-state index is 0.0440. The van der Waals surface area contributed by atoms with Gasteiger partial charge in [-0.3, -0.25) is 4.90 Å². The highest BCUT2D eigenvalue weighted by molar-refractivity contribution is 5.65. The van der Waals surface area contributed by atoms with E-state index in [1.807, 2.05) is 24.3 Å². The van der Waals surface area contributed by atoms with E-state index in [-0.39, 0.29) is 23.7 Å². The molecule has 1 amide bonds. The SMILES string of the molecule is N#CC(c1cccc(F)c1)(C1CCN(Cc2ccccc2)CC1)[C@H]1CCC[C@@H]1NC(=O)O. The molecule has 4 rings (SSSR count). The van der Waals surface area contributed by atoms with E-state index in [1.54, 1.807) is 6.07 Å². The van der Waals surface area contributed by atoms with Crippen LogP contribution in [-0.4, -0.2) is 35.2 Å². The predicted octanol–water partition coefficient (Wildman–Crippen LogP) is 4.94. The quantitative estimate of drug-likeness (QED) is 0.674.